The molecule has 1 aromatic heterocycles. The van der Waals surface area contributed by atoms with E-state index >= 15 is 0 Å². The Balaban J connectivity index is 2.33. The molecule has 1 aromatic carbocycles. The number of carbonyl (C=O) groups is 1. The molecule has 0 radical (unpaired) electrons. The molecule has 5 heteroatoms. The number of halogens is 1. The average Bonchev–Trinajstić information content (AvgIpc) is 2.74. The maximum absolute atomic E-state index is 10.5. The molecular weight excluding hydrogens is 296 g/mol. The Morgan fingerprint density at radius 1 is 1.44 bits per heavy atom. The van der Waals surface area contributed by atoms with Gasteiger partial charge in [0.25, 0.3) is 0 Å². The second-order valence-corrected chi connectivity index (χ2v) is 4.63. The quantitative estimate of drug-likeness (QED) is 0.887. The third-order valence-electron chi connectivity index (χ3n) is 2.38. The summed E-state index contributed by atoms with van der Waals surface area (Å²) in [5.74, 6) is -0.964. The lowest BCUT2D eigenvalue weighted by atomic mass is 10.2. The summed E-state index contributed by atoms with van der Waals surface area (Å²) < 4.78 is 2.59. The zero-order valence-electron chi connectivity index (χ0n) is 9.67. The topological polar surface area (TPSA) is 55.1 Å². The van der Waals surface area contributed by atoms with Crippen LogP contribution in [-0.4, -0.2) is 20.9 Å². The summed E-state index contributed by atoms with van der Waals surface area (Å²) in [5, 5.41) is 12.9. The van der Waals surface area contributed by atoms with Crippen molar-refractivity contribution in [2.45, 2.75) is 6.92 Å². The molecule has 92 valence electrons. The van der Waals surface area contributed by atoms with Gasteiger partial charge in [-0.1, -0.05) is 22.0 Å². The minimum atomic E-state index is -0.964. The molecule has 0 saturated heterocycles. The van der Waals surface area contributed by atoms with E-state index in [0.29, 0.717) is 0 Å². The Labute approximate surface area is 113 Å². The lowest BCUT2D eigenvalue weighted by Crippen LogP contribution is -1.95. The molecule has 0 bridgehead atoms. The Morgan fingerprint density at radius 3 is 2.78 bits per heavy atom. The molecule has 0 spiro atoms. The van der Waals surface area contributed by atoms with Crippen molar-refractivity contribution in [3.63, 3.8) is 0 Å². The Kier molecular flexibility index (Phi) is 3.62. The summed E-state index contributed by atoms with van der Waals surface area (Å²) in [4.78, 5) is 10.5. The lowest BCUT2D eigenvalue weighted by Gasteiger charge is -2.04. The monoisotopic (exact) mass is 306 g/mol. The maximum atomic E-state index is 10.5. The molecule has 0 aliphatic rings. The number of hydrogen-bond acceptors (Lipinski definition) is 2. The number of hydrogen-bond donors (Lipinski definition) is 1. The van der Waals surface area contributed by atoms with Crippen LogP contribution in [-0.2, 0) is 4.79 Å². The average molecular weight is 307 g/mol. The molecule has 0 unspecified atom stereocenters. The van der Waals surface area contributed by atoms with E-state index in [1.54, 1.807) is 10.8 Å². The summed E-state index contributed by atoms with van der Waals surface area (Å²) in [6.07, 6.45) is 4.53. The van der Waals surface area contributed by atoms with Crippen molar-refractivity contribution >= 4 is 28.0 Å². The molecule has 1 heterocycles. The van der Waals surface area contributed by atoms with Crippen molar-refractivity contribution < 1.29 is 9.90 Å². The van der Waals surface area contributed by atoms with Gasteiger partial charge in [-0.05, 0) is 36.8 Å². The van der Waals surface area contributed by atoms with Gasteiger partial charge in [0.2, 0.25) is 0 Å². The van der Waals surface area contributed by atoms with E-state index < -0.39 is 5.97 Å². The first-order chi connectivity index (χ1) is 8.56. The van der Waals surface area contributed by atoms with Gasteiger partial charge in [-0.25, -0.2) is 9.48 Å². The lowest BCUT2D eigenvalue weighted by molar-refractivity contribution is -0.131. The van der Waals surface area contributed by atoms with E-state index in [1.165, 1.54) is 0 Å². The number of carboxylic acids is 1. The van der Waals surface area contributed by atoms with Crippen molar-refractivity contribution in [3.8, 4) is 5.69 Å². The third kappa shape index (κ3) is 2.87. The molecule has 0 aliphatic carbocycles. The zero-order valence-corrected chi connectivity index (χ0v) is 11.3. The fourth-order valence-corrected chi connectivity index (χ4v) is 2.01. The molecule has 1 N–H and O–H groups in total. The van der Waals surface area contributed by atoms with Crippen molar-refractivity contribution in [1.82, 2.24) is 9.78 Å². The molecular formula is C13H11BrN2O2. The number of carboxylic acid groups (broad SMARTS) is 1. The van der Waals surface area contributed by atoms with E-state index in [0.717, 1.165) is 27.5 Å². The van der Waals surface area contributed by atoms with Crippen LogP contribution in [0.5, 0.6) is 0 Å². The van der Waals surface area contributed by atoms with Gasteiger partial charge in [-0.3, -0.25) is 0 Å². The predicted molar refractivity (Wildman–Crippen MR) is 72.7 cm³/mol. The van der Waals surface area contributed by atoms with Crippen LogP contribution in [0.1, 0.15) is 11.3 Å². The van der Waals surface area contributed by atoms with E-state index in [2.05, 4.69) is 21.0 Å². The molecule has 0 fully saturated rings. The van der Waals surface area contributed by atoms with E-state index in [-0.39, 0.29) is 0 Å². The van der Waals surface area contributed by atoms with Crippen LogP contribution >= 0.6 is 15.9 Å². The van der Waals surface area contributed by atoms with Gasteiger partial charge in [-0.2, -0.15) is 5.10 Å². The molecule has 4 nitrogen and oxygen atoms in total. The molecule has 0 atom stereocenters. The number of aromatic nitrogens is 2. The maximum Gasteiger partial charge on any atom is 0.328 e. The van der Waals surface area contributed by atoms with E-state index in [1.807, 2.05) is 37.4 Å². The number of nitrogens with zero attached hydrogens (tertiary/aromatic N) is 2. The second kappa shape index (κ2) is 5.18. The largest absolute Gasteiger partial charge is 0.478 e. The molecule has 2 aromatic rings. The summed E-state index contributed by atoms with van der Waals surface area (Å²) in [7, 11) is 0. The van der Waals surface area contributed by atoms with Gasteiger partial charge in [0.1, 0.15) is 0 Å². The molecule has 0 aliphatic heterocycles. The summed E-state index contributed by atoms with van der Waals surface area (Å²) in [6.45, 7) is 1.93. The fraction of sp³-hybridized carbons (Fsp3) is 0.0769. The standard InChI is InChI=1S/C13H11BrN2O2/c1-9-6-7-16(15-9)11-4-2-10(12(14)8-11)3-5-13(17)18/h2-8H,1H3,(H,17,18)/b5-3+. The van der Waals surface area contributed by atoms with E-state index in [4.69, 9.17) is 5.11 Å². The van der Waals surface area contributed by atoms with Crippen molar-refractivity contribution in [2.75, 3.05) is 0 Å². The van der Waals surface area contributed by atoms with Gasteiger partial charge >= 0.3 is 5.97 Å². The fourth-order valence-electron chi connectivity index (χ4n) is 1.51. The highest BCUT2D eigenvalue weighted by atomic mass is 79.9. The highest BCUT2D eigenvalue weighted by molar-refractivity contribution is 9.10. The van der Waals surface area contributed by atoms with Crippen LogP contribution in [0.3, 0.4) is 0 Å². The zero-order chi connectivity index (χ0) is 13.1. The normalized spacial score (nSPS) is 11.0. The van der Waals surface area contributed by atoms with Crippen LogP contribution in [0, 0.1) is 6.92 Å². The summed E-state index contributed by atoms with van der Waals surface area (Å²) >= 11 is 3.42. The summed E-state index contributed by atoms with van der Waals surface area (Å²) in [5.41, 5.74) is 2.67. The number of aliphatic carboxylic acids is 1. The molecule has 2 rings (SSSR count). The second-order valence-electron chi connectivity index (χ2n) is 3.78. The Hall–Kier alpha value is -1.88. The highest BCUT2D eigenvalue weighted by Crippen LogP contribution is 2.22. The minimum absolute atomic E-state index is 0.810. The van der Waals surface area contributed by atoms with Crippen LogP contribution in [0.2, 0.25) is 0 Å². The van der Waals surface area contributed by atoms with Gasteiger partial charge in [-0.15, -0.1) is 0 Å². The van der Waals surface area contributed by atoms with Crippen LogP contribution in [0.25, 0.3) is 11.8 Å². The first-order valence-corrected chi connectivity index (χ1v) is 6.09. The molecule has 0 amide bonds. The van der Waals surface area contributed by atoms with Gasteiger partial charge in [0, 0.05) is 16.7 Å². The summed E-state index contributed by atoms with van der Waals surface area (Å²) in [6, 6.07) is 7.55. The Bertz CT molecular complexity index is 617. The molecule has 0 saturated carbocycles. The minimum Gasteiger partial charge on any atom is -0.478 e. The van der Waals surface area contributed by atoms with Gasteiger partial charge in [0.05, 0.1) is 11.4 Å². The Morgan fingerprint density at radius 2 is 2.22 bits per heavy atom. The van der Waals surface area contributed by atoms with Gasteiger partial charge < -0.3 is 5.11 Å². The van der Waals surface area contributed by atoms with Crippen molar-refractivity contribution in [1.29, 1.82) is 0 Å². The van der Waals surface area contributed by atoms with Crippen LogP contribution in [0.4, 0.5) is 0 Å². The van der Waals surface area contributed by atoms with Gasteiger partial charge in [0.15, 0.2) is 0 Å². The van der Waals surface area contributed by atoms with Crippen molar-refractivity contribution in [2.24, 2.45) is 0 Å². The number of aryl methyl sites for hydroxylation is 1. The highest BCUT2D eigenvalue weighted by Gasteiger charge is 2.02. The first-order valence-electron chi connectivity index (χ1n) is 5.29. The van der Waals surface area contributed by atoms with Crippen molar-refractivity contribution in [3.05, 3.63) is 52.3 Å². The number of benzene rings is 1. The third-order valence-corrected chi connectivity index (χ3v) is 3.06. The SMILES string of the molecule is Cc1ccn(-c2ccc(/C=C/C(=O)O)c(Br)c2)n1. The first kappa shape index (κ1) is 12.6. The van der Waals surface area contributed by atoms with E-state index in [9.17, 15) is 4.79 Å². The van der Waals surface area contributed by atoms with Crippen LogP contribution < -0.4 is 0 Å². The number of rotatable bonds is 3. The van der Waals surface area contributed by atoms with Crippen LogP contribution in [0.15, 0.2) is 41.0 Å². The smallest absolute Gasteiger partial charge is 0.328 e. The molecule has 18 heavy (non-hydrogen) atoms. The predicted octanol–water partition coefficient (Wildman–Crippen LogP) is 3.04.